The Kier molecular flexibility index (Phi) is 5.94. The Morgan fingerprint density at radius 3 is 2.52 bits per heavy atom. The first-order valence-electron chi connectivity index (χ1n) is 8.27. The highest BCUT2D eigenvalue weighted by Crippen LogP contribution is 2.34. The highest BCUT2D eigenvalue weighted by molar-refractivity contribution is 6.32. The van der Waals surface area contributed by atoms with Gasteiger partial charge in [0.25, 0.3) is 5.56 Å². The van der Waals surface area contributed by atoms with Crippen LogP contribution in [0.2, 0.25) is 10.0 Å². The maximum absolute atomic E-state index is 12.1. The van der Waals surface area contributed by atoms with E-state index in [-0.39, 0.29) is 10.8 Å². The molecule has 0 aliphatic heterocycles. The van der Waals surface area contributed by atoms with Gasteiger partial charge < -0.3 is 20.2 Å². The van der Waals surface area contributed by atoms with Gasteiger partial charge in [0.05, 0.1) is 6.61 Å². The standard InChI is InChI=1S/C20H18Cl2N2O3/c1-12-17(7-8-26-15-5-3-2-4-6-15)19(18(22)20(25)24-12)27-16-10-13(21)9-14(23)11-16/h2-6,9-11H,7-8,23H2,1H3,(H,24,25). The molecule has 5 nitrogen and oxygen atoms in total. The topological polar surface area (TPSA) is 77.3 Å². The number of nitrogens with one attached hydrogen (secondary N) is 1. The zero-order chi connectivity index (χ0) is 19.4. The summed E-state index contributed by atoms with van der Waals surface area (Å²) >= 11 is 12.3. The number of para-hydroxylation sites is 1. The van der Waals surface area contributed by atoms with E-state index >= 15 is 0 Å². The Morgan fingerprint density at radius 2 is 1.81 bits per heavy atom. The first-order valence-corrected chi connectivity index (χ1v) is 9.02. The number of hydrogen-bond donors (Lipinski definition) is 2. The largest absolute Gasteiger partial charge is 0.493 e. The third-order valence-corrected chi connectivity index (χ3v) is 4.47. The van der Waals surface area contributed by atoms with Crippen molar-refractivity contribution in [2.75, 3.05) is 12.3 Å². The molecule has 0 fully saturated rings. The molecule has 3 rings (SSSR count). The zero-order valence-electron chi connectivity index (χ0n) is 14.6. The third kappa shape index (κ3) is 4.76. The van der Waals surface area contributed by atoms with Gasteiger partial charge in [-0.2, -0.15) is 0 Å². The molecular formula is C20H18Cl2N2O3. The van der Waals surface area contributed by atoms with Crippen molar-refractivity contribution >= 4 is 28.9 Å². The van der Waals surface area contributed by atoms with Crippen molar-refractivity contribution in [2.24, 2.45) is 0 Å². The summed E-state index contributed by atoms with van der Waals surface area (Å²) in [6.45, 7) is 2.18. The van der Waals surface area contributed by atoms with Crippen LogP contribution in [-0.4, -0.2) is 11.6 Å². The molecule has 140 valence electrons. The van der Waals surface area contributed by atoms with Crippen LogP contribution in [0.15, 0.2) is 53.3 Å². The molecule has 0 aliphatic rings. The molecule has 2 aromatic carbocycles. The van der Waals surface area contributed by atoms with Crippen molar-refractivity contribution in [1.29, 1.82) is 0 Å². The lowest BCUT2D eigenvalue weighted by atomic mass is 10.1. The van der Waals surface area contributed by atoms with Crippen LogP contribution in [0.25, 0.3) is 0 Å². The number of ether oxygens (including phenoxy) is 2. The van der Waals surface area contributed by atoms with E-state index in [0.717, 1.165) is 11.3 Å². The van der Waals surface area contributed by atoms with Crippen molar-refractivity contribution in [3.05, 3.63) is 80.2 Å². The molecule has 0 aliphatic carbocycles. The van der Waals surface area contributed by atoms with Gasteiger partial charge in [0.15, 0.2) is 5.75 Å². The van der Waals surface area contributed by atoms with Gasteiger partial charge in [-0.15, -0.1) is 0 Å². The molecule has 0 spiro atoms. The van der Waals surface area contributed by atoms with Crippen LogP contribution in [0.1, 0.15) is 11.3 Å². The number of nitrogens with two attached hydrogens (primary N) is 1. The maximum atomic E-state index is 12.1. The van der Waals surface area contributed by atoms with E-state index in [1.807, 2.05) is 30.3 Å². The SMILES string of the molecule is Cc1[nH]c(=O)c(Cl)c(Oc2cc(N)cc(Cl)c2)c1CCOc1ccccc1. The Bertz CT molecular complexity index is 984. The van der Waals surface area contributed by atoms with E-state index in [2.05, 4.69) is 4.98 Å². The lowest BCUT2D eigenvalue weighted by Crippen LogP contribution is -2.14. The average molecular weight is 405 g/mol. The van der Waals surface area contributed by atoms with E-state index in [1.54, 1.807) is 25.1 Å². The van der Waals surface area contributed by atoms with Crippen molar-refractivity contribution in [3.63, 3.8) is 0 Å². The Labute approximate surface area is 166 Å². The predicted octanol–water partition coefficient (Wildman–Crippen LogP) is 4.99. The number of H-pyrrole nitrogens is 1. The van der Waals surface area contributed by atoms with Gasteiger partial charge in [0.2, 0.25) is 0 Å². The molecule has 3 N–H and O–H groups in total. The molecule has 0 amide bonds. The van der Waals surface area contributed by atoms with Crippen molar-refractivity contribution < 1.29 is 9.47 Å². The fourth-order valence-electron chi connectivity index (χ4n) is 2.66. The summed E-state index contributed by atoms with van der Waals surface area (Å²) in [6, 6.07) is 14.3. The minimum absolute atomic E-state index is 0.0335. The van der Waals surface area contributed by atoms with Crippen LogP contribution >= 0.6 is 23.2 Å². The monoisotopic (exact) mass is 404 g/mol. The number of halogens is 2. The second kappa shape index (κ2) is 8.37. The number of aromatic amines is 1. The first-order chi connectivity index (χ1) is 12.9. The van der Waals surface area contributed by atoms with Crippen molar-refractivity contribution in [2.45, 2.75) is 13.3 Å². The van der Waals surface area contributed by atoms with Crippen LogP contribution in [0, 0.1) is 6.92 Å². The van der Waals surface area contributed by atoms with Gasteiger partial charge in [-0.05, 0) is 31.2 Å². The molecule has 7 heteroatoms. The van der Waals surface area contributed by atoms with E-state index in [0.29, 0.717) is 35.2 Å². The van der Waals surface area contributed by atoms with Gasteiger partial charge in [0, 0.05) is 34.5 Å². The molecule has 27 heavy (non-hydrogen) atoms. The second-order valence-electron chi connectivity index (χ2n) is 5.93. The molecular weight excluding hydrogens is 387 g/mol. The Morgan fingerprint density at radius 1 is 1.07 bits per heavy atom. The molecule has 3 aromatic rings. The lowest BCUT2D eigenvalue weighted by Gasteiger charge is -2.16. The van der Waals surface area contributed by atoms with Crippen molar-refractivity contribution in [3.8, 4) is 17.2 Å². The fraction of sp³-hybridized carbons (Fsp3) is 0.150. The predicted molar refractivity (Wildman–Crippen MR) is 108 cm³/mol. The molecule has 0 atom stereocenters. The summed E-state index contributed by atoms with van der Waals surface area (Å²) < 4.78 is 11.6. The summed E-state index contributed by atoms with van der Waals surface area (Å²) in [5.41, 5.74) is 7.24. The van der Waals surface area contributed by atoms with E-state index in [1.165, 1.54) is 0 Å². The highest BCUT2D eigenvalue weighted by Gasteiger charge is 2.17. The minimum atomic E-state index is -0.424. The quantitative estimate of drug-likeness (QED) is 0.567. The third-order valence-electron chi connectivity index (χ3n) is 3.90. The number of aryl methyl sites for hydroxylation is 1. The molecule has 0 saturated carbocycles. The summed E-state index contributed by atoms with van der Waals surface area (Å²) in [7, 11) is 0. The lowest BCUT2D eigenvalue weighted by molar-refractivity contribution is 0.319. The second-order valence-corrected chi connectivity index (χ2v) is 6.75. The number of aromatic nitrogens is 1. The van der Waals surface area contributed by atoms with E-state index in [4.69, 9.17) is 38.4 Å². The fourth-order valence-corrected chi connectivity index (χ4v) is 3.10. The first kappa shape index (κ1) is 19.1. The minimum Gasteiger partial charge on any atom is -0.493 e. The number of pyridine rings is 1. The van der Waals surface area contributed by atoms with Gasteiger partial charge in [0.1, 0.15) is 16.5 Å². The van der Waals surface area contributed by atoms with Gasteiger partial charge >= 0.3 is 0 Å². The molecule has 1 heterocycles. The van der Waals surface area contributed by atoms with Gasteiger partial charge in [-0.25, -0.2) is 0 Å². The van der Waals surface area contributed by atoms with Crippen LogP contribution in [0.3, 0.4) is 0 Å². The average Bonchev–Trinajstić information content (AvgIpc) is 2.62. The Balaban J connectivity index is 1.88. The summed E-state index contributed by atoms with van der Waals surface area (Å²) in [5, 5.41) is 0.394. The van der Waals surface area contributed by atoms with Crippen LogP contribution in [0.4, 0.5) is 5.69 Å². The number of hydrogen-bond acceptors (Lipinski definition) is 4. The van der Waals surface area contributed by atoms with Gasteiger partial charge in [-0.3, -0.25) is 4.79 Å². The number of benzene rings is 2. The highest BCUT2D eigenvalue weighted by atomic mass is 35.5. The normalized spacial score (nSPS) is 10.6. The molecule has 0 unspecified atom stereocenters. The maximum Gasteiger partial charge on any atom is 0.270 e. The number of anilines is 1. The summed E-state index contributed by atoms with van der Waals surface area (Å²) in [5.74, 6) is 1.43. The van der Waals surface area contributed by atoms with E-state index < -0.39 is 5.56 Å². The van der Waals surface area contributed by atoms with E-state index in [9.17, 15) is 4.79 Å². The summed E-state index contributed by atoms with van der Waals surface area (Å²) in [6.07, 6.45) is 0.489. The summed E-state index contributed by atoms with van der Waals surface area (Å²) in [4.78, 5) is 14.8. The molecule has 0 saturated heterocycles. The smallest absolute Gasteiger partial charge is 0.270 e. The number of nitrogen functional groups attached to an aromatic ring is 1. The van der Waals surface area contributed by atoms with Crippen LogP contribution in [0.5, 0.6) is 17.2 Å². The zero-order valence-corrected chi connectivity index (χ0v) is 16.1. The van der Waals surface area contributed by atoms with Crippen LogP contribution < -0.4 is 20.8 Å². The molecule has 1 aromatic heterocycles. The van der Waals surface area contributed by atoms with Gasteiger partial charge in [-0.1, -0.05) is 41.4 Å². The molecule has 0 bridgehead atoms. The Hall–Kier alpha value is -2.63. The van der Waals surface area contributed by atoms with Crippen molar-refractivity contribution in [1.82, 2.24) is 4.98 Å². The number of rotatable bonds is 6. The van der Waals surface area contributed by atoms with Crippen LogP contribution in [-0.2, 0) is 6.42 Å². The molecule has 0 radical (unpaired) electrons.